The van der Waals surface area contributed by atoms with Crippen molar-refractivity contribution in [2.75, 3.05) is 13.1 Å². The fourth-order valence-corrected chi connectivity index (χ4v) is 2.79. The first kappa shape index (κ1) is 14.1. The van der Waals surface area contributed by atoms with Crippen LogP contribution in [0.3, 0.4) is 0 Å². The summed E-state index contributed by atoms with van der Waals surface area (Å²) in [5, 5.41) is 3.52. The number of hydrogen-bond acceptors (Lipinski definition) is 5. The molecule has 1 N–H and O–H groups in total. The molecule has 1 unspecified atom stereocenters. The van der Waals surface area contributed by atoms with E-state index in [1.807, 2.05) is 12.3 Å². The summed E-state index contributed by atoms with van der Waals surface area (Å²) in [6.45, 7) is 4.40. The molecule has 0 amide bonds. The van der Waals surface area contributed by atoms with E-state index in [2.05, 4.69) is 27.2 Å². The normalized spacial score (nSPS) is 17.5. The van der Waals surface area contributed by atoms with Gasteiger partial charge in [-0.2, -0.15) is 0 Å². The van der Waals surface area contributed by atoms with Gasteiger partial charge < -0.3 is 5.32 Å². The maximum Gasteiger partial charge on any atom is 0.178 e. The first-order valence-corrected chi connectivity index (χ1v) is 7.68. The van der Waals surface area contributed by atoms with Gasteiger partial charge in [-0.15, -0.1) is 0 Å². The maximum atomic E-state index is 4.69. The van der Waals surface area contributed by atoms with Crippen molar-refractivity contribution in [3.8, 4) is 11.5 Å². The van der Waals surface area contributed by atoms with Gasteiger partial charge >= 0.3 is 0 Å². The minimum absolute atomic E-state index is 0.706. The Hall–Kier alpha value is -1.88. The van der Waals surface area contributed by atoms with Crippen molar-refractivity contribution in [3.63, 3.8) is 0 Å². The standard InChI is InChI=1S/C16H21N5/c1-2-6-17-9-12-3-4-14-13(8-12)10-19-16(21-14)15-5-7-18-11-20-15/h5,7,10-12,17H,2-4,6,8-9H2,1H3. The van der Waals surface area contributed by atoms with Gasteiger partial charge in [0.05, 0.1) is 0 Å². The van der Waals surface area contributed by atoms with Crippen LogP contribution in [0.15, 0.2) is 24.8 Å². The van der Waals surface area contributed by atoms with E-state index in [9.17, 15) is 0 Å². The molecule has 2 heterocycles. The summed E-state index contributed by atoms with van der Waals surface area (Å²) in [5.74, 6) is 1.41. The highest BCUT2D eigenvalue weighted by Crippen LogP contribution is 2.25. The van der Waals surface area contributed by atoms with Gasteiger partial charge in [0.15, 0.2) is 5.82 Å². The third-order valence-corrected chi connectivity index (χ3v) is 3.92. The van der Waals surface area contributed by atoms with Gasteiger partial charge in [0.1, 0.15) is 12.0 Å². The molecular formula is C16H21N5. The van der Waals surface area contributed by atoms with Gasteiger partial charge in [-0.1, -0.05) is 6.92 Å². The van der Waals surface area contributed by atoms with Crippen LogP contribution >= 0.6 is 0 Å². The molecule has 1 aliphatic rings. The number of nitrogens with one attached hydrogen (secondary N) is 1. The minimum Gasteiger partial charge on any atom is -0.316 e. The lowest BCUT2D eigenvalue weighted by atomic mass is 9.87. The van der Waals surface area contributed by atoms with Crippen molar-refractivity contribution in [1.82, 2.24) is 25.3 Å². The second-order valence-electron chi connectivity index (χ2n) is 5.57. The Morgan fingerprint density at radius 1 is 1.33 bits per heavy atom. The van der Waals surface area contributed by atoms with Crippen LogP contribution in [-0.4, -0.2) is 33.0 Å². The predicted octanol–water partition coefficient (Wildman–Crippen LogP) is 2.04. The topological polar surface area (TPSA) is 63.6 Å². The molecule has 0 bridgehead atoms. The predicted molar refractivity (Wildman–Crippen MR) is 81.7 cm³/mol. The molecule has 1 atom stereocenters. The van der Waals surface area contributed by atoms with Crippen molar-refractivity contribution in [1.29, 1.82) is 0 Å². The molecule has 2 aromatic heterocycles. The number of hydrogen-bond donors (Lipinski definition) is 1. The van der Waals surface area contributed by atoms with Crippen LogP contribution < -0.4 is 5.32 Å². The number of fused-ring (bicyclic) bond motifs is 1. The Bertz CT molecular complexity index is 584. The summed E-state index contributed by atoms with van der Waals surface area (Å²) in [5.41, 5.74) is 3.27. The average Bonchev–Trinajstić information content (AvgIpc) is 2.55. The van der Waals surface area contributed by atoms with Gasteiger partial charge in [0.25, 0.3) is 0 Å². The van der Waals surface area contributed by atoms with Crippen LogP contribution in [0.25, 0.3) is 11.5 Å². The molecule has 3 rings (SSSR count). The molecule has 0 aromatic carbocycles. The lowest BCUT2D eigenvalue weighted by molar-refractivity contribution is 0.420. The van der Waals surface area contributed by atoms with E-state index in [0.717, 1.165) is 31.6 Å². The summed E-state index contributed by atoms with van der Waals surface area (Å²) in [7, 11) is 0. The lowest BCUT2D eigenvalue weighted by Crippen LogP contribution is -2.28. The average molecular weight is 283 g/mol. The molecule has 0 spiro atoms. The van der Waals surface area contributed by atoms with E-state index >= 15 is 0 Å². The second kappa shape index (κ2) is 6.72. The van der Waals surface area contributed by atoms with E-state index in [1.54, 1.807) is 6.20 Å². The zero-order valence-corrected chi connectivity index (χ0v) is 12.4. The highest BCUT2D eigenvalue weighted by atomic mass is 14.9. The third kappa shape index (κ3) is 3.42. The monoisotopic (exact) mass is 283 g/mol. The number of aromatic nitrogens is 4. The van der Waals surface area contributed by atoms with Crippen LogP contribution in [0.4, 0.5) is 0 Å². The smallest absolute Gasteiger partial charge is 0.178 e. The summed E-state index contributed by atoms with van der Waals surface area (Å²) >= 11 is 0. The quantitative estimate of drug-likeness (QED) is 0.851. The van der Waals surface area contributed by atoms with E-state index in [4.69, 9.17) is 4.98 Å². The maximum absolute atomic E-state index is 4.69. The molecule has 0 radical (unpaired) electrons. The molecule has 2 aromatic rings. The molecular weight excluding hydrogens is 262 g/mol. The third-order valence-electron chi connectivity index (χ3n) is 3.92. The lowest BCUT2D eigenvalue weighted by Gasteiger charge is -2.24. The zero-order chi connectivity index (χ0) is 14.5. The highest BCUT2D eigenvalue weighted by molar-refractivity contribution is 5.48. The van der Waals surface area contributed by atoms with E-state index < -0.39 is 0 Å². The number of rotatable bonds is 5. The molecule has 0 fully saturated rings. The van der Waals surface area contributed by atoms with Gasteiger partial charge in [-0.3, -0.25) is 0 Å². The molecule has 110 valence electrons. The summed E-state index contributed by atoms with van der Waals surface area (Å²) in [6, 6.07) is 1.85. The second-order valence-corrected chi connectivity index (χ2v) is 5.57. The molecule has 0 aliphatic heterocycles. The van der Waals surface area contributed by atoms with Crippen LogP contribution in [0.1, 0.15) is 31.0 Å². The molecule has 1 aliphatic carbocycles. The summed E-state index contributed by atoms with van der Waals surface area (Å²) in [6.07, 6.45) is 9.74. The van der Waals surface area contributed by atoms with Gasteiger partial charge in [0.2, 0.25) is 0 Å². The van der Waals surface area contributed by atoms with Crippen molar-refractivity contribution >= 4 is 0 Å². The highest BCUT2D eigenvalue weighted by Gasteiger charge is 2.20. The minimum atomic E-state index is 0.706. The van der Waals surface area contributed by atoms with Crippen LogP contribution in [0.5, 0.6) is 0 Å². The molecule has 5 nitrogen and oxygen atoms in total. The Kier molecular flexibility index (Phi) is 4.50. The van der Waals surface area contributed by atoms with Crippen molar-refractivity contribution < 1.29 is 0 Å². The molecule has 0 saturated carbocycles. The van der Waals surface area contributed by atoms with Gasteiger partial charge in [-0.05, 0) is 56.3 Å². The fourth-order valence-electron chi connectivity index (χ4n) is 2.79. The van der Waals surface area contributed by atoms with E-state index in [0.29, 0.717) is 11.7 Å². The number of nitrogens with zero attached hydrogens (tertiary/aromatic N) is 4. The van der Waals surface area contributed by atoms with E-state index in [1.165, 1.54) is 30.4 Å². The van der Waals surface area contributed by atoms with Crippen LogP contribution in [-0.2, 0) is 12.8 Å². The van der Waals surface area contributed by atoms with Crippen LogP contribution in [0.2, 0.25) is 0 Å². The summed E-state index contributed by atoms with van der Waals surface area (Å²) < 4.78 is 0. The Morgan fingerprint density at radius 2 is 2.29 bits per heavy atom. The molecule has 5 heteroatoms. The Balaban J connectivity index is 1.71. The van der Waals surface area contributed by atoms with Crippen molar-refractivity contribution in [2.45, 2.75) is 32.6 Å². The van der Waals surface area contributed by atoms with Gasteiger partial charge in [-0.25, -0.2) is 19.9 Å². The number of aryl methyl sites for hydroxylation is 1. The van der Waals surface area contributed by atoms with Crippen molar-refractivity contribution in [2.24, 2.45) is 5.92 Å². The van der Waals surface area contributed by atoms with Crippen molar-refractivity contribution in [3.05, 3.63) is 36.0 Å². The van der Waals surface area contributed by atoms with Crippen LogP contribution in [0, 0.1) is 5.92 Å². The first-order valence-electron chi connectivity index (χ1n) is 7.68. The van der Waals surface area contributed by atoms with Gasteiger partial charge in [0, 0.05) is 18.1 Å². The fraction of sp³-hybridized carbons (Fsp3) is 0.500. The Labute approximate surface area is 125 Å². The SMILES string of the molecule is CCCNCC1CCc2nc(-c3ccncn3)ncc2C1. The summed E-state index contributed by atoms with van der Waals surface area (Å²) in [4.78, 5) is 17.3. The van der Waals surface area contributed by atoms with E-state index in [-0.39, 0.29) is 0 Å². The molecule has 21 heavy (non-hydrogen) atoms. The zero-order valence-electron chi connectivity index (χ0n) is 12.4. The first-order chi connectivity index (χ1) is 10.4. The molecule has 0 saturated heterocycles. The Morgan fingerprint density at radius 3 is 3.10 bits per heavy atom. The largest absolute Gasteiger partial charge is 0.316 e.